The highest BCUT2D eigenvalue weighted by molar-refractivity contribution is 6.07. The van der Waals surface area contributed by atoms with Gasteiger partial charge in [0.1, 0.15) is 5.56 Å². The fourth-order valence-electron chi connectivity index (χ4n) is 1.97. The number of amides is 1. The molecule has 0 aliphatic rings. The fourth-order valence-corrected chi connectivity index (χ4v) is 1.97. The molecule has 0 aliphatic carbocycles. The van der Waals surface area contributed by atoms with E-state index in [-0.39, 0.29) is 22.7 Å². The molecule has 0 saturated carbocycles. The molecule has 0 heterocycles. The summed E-state index contributed by atoms with van der Waals surface area (Å²) in [6, 6.07) is 4.89. The van der Waals surface area contributed by atoms with Gasteiger partial charge in [-0.25, -0.2) is 8.78 Å². The molecule has 0 fully saturated rings. The van der Waals surface area contributed by atoms with Crippen LogP contribution in [0.1, 0.15) is 10.4 Å². The number of nitro benzene ring substituents is 1. The van der Waals surface area contributed by atoms with Gasteiger partial charge in [0.25, 0.3) is 11.6 Å². The smallest absolute Gasteiger partial charge is 0.286 e. The molecule has 24 heavy (non-hydrogen) atoms. The van der Waals surface area contributed by atoms with Crippen molar-refractivity contribution in [2.45, 2.75) is 0 Å². The number of benzene rings is 2. The standard InChI is InChI=1S/C15H12F2N2O5/c1-23-13-6-9(12(19(21)22)7-14(13)24-2)15(20)18-8-3-4-10(16)11(17)5-8/h3-7H,1-2H3,(H,18,20). The Labute approximate surface area is 135 Å². The second-order valence-corrected chi connectivity index (χ2v) is 4.56. The maximum absolute atomic E-state index is 13.2. The molecule has 126 valence electrons. The van der Waals surface area contributed by atoms with Crippen molar-refractivity contribution in [2.24, 2.45) is 0 Å². The van der Waals surface area contributed by atoms with Gasteiger partial charge in [-0.05, 0) is 12.1 Å². The van der Waals surface area contributed by atoms with Crippen molar-refractivity contribution in [1.29, 1.82) is 0 Å². The molecule has 0 unspecified atom stereocenters. The SMILES string of the molecule is COc1cc(C(=O)Nc2ccc(F)c(F)c2)c([N+](=O)[O-])cc1OC. The number of hydrogen-bond acceptors (Lipinski definition) is 5. The number of hydrogen-bond donors (Lipinski definition) is 1. The van der Waals surface area contributed by atoms with Crippen molar-refractivity contribution < 1.29 is 28.0 Å². The normalized spacial score (nSPS) is 10.2. The summed E-state index contributed by atoms with van der Waals surface area (Å²) in [5, 5.41) is 13.4. The summed E-state index contributed by atoms with van der Waals surface area (Å²) < 4.78 is 36.1. The van der Waals surface area contributed by atoms with Gasteiger partial charge in [0.2, 0.25) is 0 Å². The van der Waals surface area contributed by atoms with E-state index in [0.717, 1.165) is 30.3 Å². The van der Waals surface area contributed by atoms with E-state index in [0.29, 0.717) is 0 Å². The Kier molecular flexibility index (Phi) is 4.93. The number of nitrogens with one attached hydrogen (secondary N) is 1. The molecule has 2 rings (SSSR count). The first-order valence-electron chi connectivity index (χ1n) is 6.54. The zero-order valence-electron chi connectivity index (χ0n) is 12.6. The van der Waals surface area contributed by atoms with Gasteiger partial charge >= 0.3 is 0 Å². The molecule has 0 radical (unpaired) electrons. The zero-order valence-corrected chi connectivity index (χ0v) is 12.6. The van der Waals surface area contributed by atoms with E-state index in [4.69, 9.17) is 9.47 Å². The maximum Gasteiger partial charge on any atom is 0.286 e. The number of carbonyl (C=O) groups excluding carboxylic acids is 1. The molecule has 0 bridgehead atoms. The summed E-state index contributed by atoms with van der Waals surface area (Å²) in [5.74, 6) is -2.93. The average molecular weight is 338 g/mol. The third kappa shape index (κ3) is 3.40. The Bertz CT molecular complexity index is 811. The van der Waals surface area contributed by atoms with Gasteiger partial charge in [-0.1, -0.05) is 0 Å². The summed E-state index contributed by atoms with van der Waals surface area (Å²) in [4.78, 5) is 22.7. The third-order valence-electron chi connectivity index (χ3n) is 3.12. The van der Waals surface area contributed by atoms with Gasteiger partial charge in [-0.3, -0.25) is 14.9 Å². The van der Waals surface area contributed by atoms with Crippen molar-refractivity contribution in [1.82, 2.24) is 0 Å². The molecule has 0 atom stereocenters. The second kappa shape index (κ2) is 6.90. The summed E-state index contributed by atoms with van der Waals surface area (Å²) >= 11 is 0. The molecule has 0 aromatic heterocycles. The van der Waals surface area contributed by atoms with Crippen LogP contribution in [0.2, 0.25) is 0 Å². The first-order valence-corrected chi connectivity index (χ1v) is 6.54. The second-order valence-electron chi connectivity index (χ2n) is 4.56. The van der Waals surface area contributed by atoms with Crippen LogP contribution >= 0.6 is 0 Å². The number of methoxy groups -OCH3 is 2. The number of nitrogens with zero attached hydrogens (tertiary/aromatic N) is 1. The Morgan fingerprint density at radius 2 is 1.71 bits per heavy atom. The molecule has 2 aromatic carbocycles. The summed E-state index contributed by atoms with van der Waals surface area (Å²) in [6.07, 6.45) is 0. The Balaban J connectivity index is 2.43. The van der Waals surface area contributed by atoms with Crippen LogP contribution in [-0.2, 0) is 0 Å². The molecule has 1 amide bonds. The maximum atomic E-state index is 13.2. The minimum absolute atomic E-state index is 0.0528. The quantitative estimate of drug-likeness (QED) is 0.668. The Hall–Kier alpha value is -3.23. The summed E-state index contributed by atoms with van der Waals surface area (Å²) in [6.45, 7) is 0. The fraction of sp³-hybridized carbons (Fsp3) is 0.133. The van der Waals surface area contributed by atoms with E-state index >= 15 is 0 Å². The molecule has 1 N–H and O–H groups in total. The van der Waals surface area contributed by atoms with Crippen LogP contribution in [0.25, 0.3) is 0 Å². The number of ether oxygens (including phenoxy) is 2. The molecule has 0 aliphatic heterocycles. The minimum Gasteiger partial charge on any atom is -0.493 e. The van der Waals surface area contributed by atoms with Crippen LogP contribution in [-0.4, -0.2) is 25.1 Å². The lowest BCUT2D eigenvalue weighted by atomic mass is 10.1. The third-order valence-corrected chi connectivity index (χ3v) is 3.12. The zero-order chi connectivity index (χ0) is 17.9. The molecule has 9 heteroatoms. The highest BCUT2D eigenvalue weighted by Gasteiger charge is 2.24. The lowest BCUT2D eigenvalue weighted by molar-refractivity contribution is -0.385. The van der Waals surface area contributed by atoms with Crippen LogP contribution in [0.3, 0.4) is 0 Å². The highest BCUT2D eigenvalue weighted by atomic mass is 19.2. The first kappa shape index (κ1) is 17.1. The minimum atomic E-state index is -1.16. The molecule has 7 nitrogen and oxygen atoms in total. The number of rotatable bonds is 5. The Morgan fingerprint density at radius 3 is 2.25 bits per heavy atom. The molecule has 0 spiro atoms. The van der Waals surface area contributed by atoms with Gasteiger partial charge in [-0.2, -0.15) is 0 Å². The number of anilines is 1. The van der Waals surface area contributed by atoms with E-state index in [2.05, 4.69) is 5.32 Å². The van der Waals surface area contributed by atoms with Crippen LogP contribution in [0.5, 0.6) is 11.5 Å². The van der Waals surface area contributed by atoms with Crippen molar-refractivity contribution in [3.63, 3.8) is 0 Å². The van der Waals surface area contributed by atoms with E-state index < -0.39 is 28.2 Å². The summed E-state index contributed by atoms with van der Waals surface area (Å²) in [5.41, 5.74) is -0.891. The van der Waals surface area contributed by atoms with E-state index in [9.17, 15) is 23.7 Å². The average Bonchev–Trinajstić information content (AvgIpc) is 2.56. The lowest BCUT2D eigenvalue weighted by Gasteiger charge is -2.11. The van der Waals surface area contributed by atoms with Crippen LogP contribution < -0.4 is 14.8 Å². The van der Waals surface area contributed by atoms with Gasteiger partial charge in [-0.15, -0.1) is 0 Å². The first-order chi connectivity index (χ1) is 11.4. The van der Waals surface area contributed by atoms with Gasteiger partial charge < -0.3 is 14.8 Å². The van der Waals surface area contributed by atoms with Crippen LogP contribution in [0.4, 0.5) is 20.2 Å². The van der Waals surface area contributed by atoms with Crippen molar-refractivity contribution in [3.8, 4) is 11.5 Å². The van der Waals surface area contributed by atoms with Gasteiger partial charge in [0.15, 0.2) is 23.1 Å². The predicted octanol–water partition coefficient (Wildman–Crippen LogP) is 3.14. The molecular formula is C15H12F2N2O5. The highest BCUT2D eigenvalue weighted by Crippen LogP contribution is 2.34. The molecule has 0 saturated heterocycles. The topological polar surface area (TPSA) is 90.7 Å². The number of nitro groups is 1. The van der Waals surface area contributed by atoms with Crippen molar-refractivity contribution in [3.05, 3.63) is 57.6 Å². The predicted molar refractivity (Wildman–Crippen MR) is 80.5 cm³/mol. The molecule has 2 aromatic rings. The summed E-state index contributed by atoms with van der Waals surface area (Å²) in [7, 11) is 2.60. The number of halogens is 2. The van der Waals surface area contributed by atoms with Crippen molar-refractivity contribution >= 4 is 17.3 Å². The van der Waals surface area contributed by atoms with Crippen molar-refractivity contribution in [2.75, 3.05) is 19.5 Å². The van der Waals surface area contributed by atoms with Crippen LogP contribution in [0.15, 0.2) is 30.3 Å². The monoisotopic (exact) mass is 338 g/mol. The van der Waals surface area contributed by atoms with Crippen LogP contribution in [0, 0.1) is 21.7 Å². The van der Waals surface area contributed by atoms with E-state index in [1.165, 1.54) is 14.2 Å². The van der Waals surface area contributed by atoms with Gasteiger partial charge in [0, 0.05) is 17.8 Å². The van der Waals surface area contributed by atoms with E-state index in [1.54, 1.807) is 0 Å². The largest absolute Gasteiger partial charge is 0.493 e. The Morgan fingerprint density at radius 1 is 1.08 bits per heavy atom. The number of carbonyl (C=O) groups is 1. The van der Waals surface area contributed by atoms with Gasteiger partial charge in [0.05, 0.1) is 25.2 Å². The van der Waals surface area contributed by atoms with E-state index in [1.807, 2.05) is 0 Å². The molecular weight excluding hydrogens is 326 g/mol. The lowest BCUT2D eigenvalue weighted by Crippen LogP contribution is -2.14.